The zero-order valence-electron chi connectivity index (χ0n) is 13.9. The number of carbonyl (C=O) groups is 1. The van der Waals surface area contributed by atoms with Gasteiger partial charge in [-0.3, -0.25) is 0 Å². The first-order valence-corrected chi connectivity index (χ1v) is 9.35. The van der Waals surface area contributed by atoms with Crippen LogP contribution in [0.1, 0.15) is 20.9 Å². The van der Waals surface area contributed by atoms with Crippen LogP contribution in [0.5, 0.6) is 0 Å². The van der Waals surface area contributed by atoms with Crippen LogP contribution in [0.25, 0.3) is 21.2 Å². The summed E-state index contributed by atoms with van der Waals surface area (Å²) in [6, 6.07) is 15.9. The van der Waals surface area contributed by atoms with Crippen molar-refractivity contribution in [1.82, 2.24) is 4.98 Å². The van der Waals surface area contributed by atoms with Crippen LogP contribution in [0.3, 0.4) is 0 Å². The van der Waals surface area contributed by atoms with E-state index in [1.165, 1.54) is 18.3 Å². The Morgan fingerprint density at radius 3 is 2.78 bits per heavy atom. The second-order valence-electron chi connectivity index (χ2n) is 6.13. The van der Waals surface area contributed by atoms with Gasteiger partial charge in [-0.2, -0.15) is 0 Å². The molecule has 134 valence electrons. The van der Waals surface area contributed by atoms with Gasteiger partial charge < -0.3 is 5.11 Å². The van der Waals surface area contributed by atoms with Crippen molar-refractivity contribution in [3.63, 3.8) is 0 Å². The van der Waals surface area contributed by atoms with Crippen LogP contribution in [0.4, 0.5) is 4.39 Å². The minimum atomic E-state index is -1.06. The van der Waals surface area contributed by atoms with E-state index in [0.717, 1.165) is 31.7 Å². The maximum absolute atomic E-state index is 13.6. The van der Waals surface area contributed by atoms with Crippen LogP contribution < -0.4 is 0 Å². The third kappa shape index (κ3) is 3.70. The lowest BCUT2D eigenvalue weighted by Gasteiger charge is -2.04. The van der Waals surface area contributed by atoms with E-state index >= 15 is 0 Å². The molecule has 0 fully saturated rings. The molecule has 0 spiro atoms. The molecule has 4 rings (SSSR count). The lowest BCUT2D eigenvalue weighted by atomic mass is 10.0. The van der Waals surface area contributed by atoms with Crippen molar-refractivity contribution in [2.75, 3.05) is 0 Å². The number of aromatic nitrogens is 1. The van der Waals surface area contributed by atoms with Crippen LogP contribution in [-0.4, -0.2) is 16.1 Å². The number of hydrogen-bond acceptors (Lipinski definition) is 3. The first-order chi connectivity index (χ1) is 13.0. The van der Waals surface area contributed by atoms with Gasteiger partial charge in [0.25, 0.3) is 0 Å². The van der Waals surface area contributed by atoms with Gasteiger partial charge in [-0.05, 0) is 58.5 Å². The summed E-state index contributed by atoms with van der Waals surface area (Å²) in [5.74, 6) is -1.41. The molecule has 0 atom stereocenters. The van der Waals surface area contributed by atoms with Crippen LogP contribution in [0, 0.1) is 5.82 Å². The average Bonchev–Trinajstić information content (AvgIpc) is 3.03. The Hall–Kier alpha value is -2.76. The molecule has 1 N–H and O–H groups in total. The van der Waals surface area contributed by atoms with E-state index in [1.807, 2.05) is 18.2 Å². The van der Waals surface area contributed by atoms with Crippen LogP contribution in [-0.2, 0) is 6.42 Å². The molecule has 0 saturated carbocycles. The number of carboxylic acid groups (broad SMARTS) is 1. The lowest BCUT2D eigenvalue weighted by molar-refractivity contribution is 0.0690. The number of halogens is 2. The Kier molecular flexibility index (Phi) is 4.64. The number of aromatic carboxylic acids is 1. The quantitative estimate of drug-likeness (QED) is 0.456. The molecule has 0 aliphatic rings. The maximum atomic E-state index is 13.6. The molecule has 0 radical (unpaired) electrons. The number of hydrogen-bond donors (Lipinski definition) is 1. The SMILES string of the molecule is O=C(O)c1cc(-c2cccc3cc(Cc4cc(F)cc(Cl)c4)sc23)ccn1. The number of rotatable bonds is 4. The smallest absolute Gasteiger partial charge is 0.354 e. The number of pyridine rings is 1. The zero-order chi connectivity index (χ0) is 19.0. The number of nitrogens with zero attached hydrogens (tertiary/aromatic N) is 1. The number of carboxylic acids is 1. The highest BCUT2D eigenvalue weighted by Crippen LogP contribution is 2.36. The maximum Gasteiger partial charge on any atom is 0.354 e. The molecule has 4 aromatic rings. The molecule has 0 bridgehead atoms. The Bertz CT molecular complexity index is 1150. The monoisotopic (exact) mass is 397 g/mol. The Morgan fingerprint density at radius 1 is 1.15 bits per heavy atom. The molecule has 3 nitrogen and oxygen atoms in total. The fourth-order valence-electron chi connectivity index (χ4n) is 3.06. The summed E-state index contributed by atoms with van der Waals surface area (Å²) in [5, 5.41) is 10.6. The molecule has 2 aromatic heterocycles. The zero-order valence-corrected chi connectivity index (χ0v) is 15.5. The summed E-state index contributed by atoms with van der Waals surface area (Å²) in [4.78, 5) is 16.2. The topological polar surface area (TPSA) is 50.2 Å². The fourth-order valence-corrected chi connectivity index (χ4v) is 4.53. The summed E-state index contributed by atoms with van der Waals surface area (Å²) in [7, 11) is 0. The molecule has 2 aromatic carbocycles. The highest BCUT2D eigenvalue weighted by Gasteiger charge is 2.12. The van der Waals surface area contributed by atoms with Crippen molar-refractivity contribution >= 4 is 39.0 Å². The minimum absolute atomic E-state index is 0.00989. The van der Waals surface area contributed by atoms with Crippen molar-refractivity contribution in [2.24, 2.45) is 0 Å². The predicted octanol–water partition coefficient (Wildman–Crippen LogP) is 6.04. The third-order valence-electron chi connectivity index (χ3n) is 4.19. The summed E-state index contributed by atoms with van der Waals surface area (Å²) in [6.07, 6.45) is 2.08. The Balaban J connectivity index is 1.76. The van der Waals surface area contributed by atoms with E-state index in [-0.39, 0.29) is 11.5 Å². The Morgan fingerprint density at radius 2 is 2.00 bits per heavy atom. The van der Waals surface area contributed by atoms with Crippen molar-refractivity contribution < 1.29 is 14.3 Å². The van der Waals surface area contributed by atoms with Gasteiger partial charge >= 0.3 is 5.97 Å². The van der Waals surface area contributed by atoms with Crippen molar-refractivity contribution in [1.29, 1.82) is 0 Å². The van der Waals surface area contributed by atoms with E-state index in [2.05, 4.69) is 11.1 Å². The standard InChI is InChI=1S/C21H13ClFNO2S/c22-15-6-12(7-16(23)11-15)8-17-9-14-2-1-3-18(20(14)27-17)13-4-5-24-19(10-13)21(25)26/h1-7,9-11H,8H2,(H,25,26). The number of thiophene rings is 1. The molecule has 6 heteroatoms. The average molecular weight is 398 g/mol. The minimum Gasteiger partial charge on any atom is -0.477 e. The summed E-state index contributed by atoms with van der Waals surface area (Å²) in [6.45, 7) is 0. The van der Waals surface area contributed by atoms with Crippen molar-refractivity contribution in [2.45, 2.75) is 6.42 Å². The van der Waals surface area contributed by atoms with Crippen LogP contribution in [0.15, 0.2) is 60.8 Å². The highest BCUT2D eigenvalue weighted by atomic mass is 35.5. The van der Waals surface area contributed by atoms with Gasteiger partial charge in [-0.25, -0.2) is 14.2 Å². The van der Waals surface area contributed by atoms with Crippen LogP contribution >= 0.6 is 22.9 Å². The largest absolute Gasteiger partial charge is 0.477 e. The third-order valence-corrected chi connectivity index (χ3v) is 5.59. The molecule has 0 aliphatic carbocycles. The first kappa shape index (κ1) is 17.6. The van der Waals surface area contributed by atoms with Crippen LogP contribution in [0.2, 0.25) is 5.02 Å². The lowest BCUT2D eigenvalue weighted by Crippen LogP contribution is -1.99. The van der Waals surface area contributed by atoms with Gasteiger partial charge in [0.1, 0.15) is 11.5 Å². The number of benzene rings is 2. The first-order valence-electron chi connectivity index (χ1n) is 8.16. The second kappa shape index (κ2) is 7.10. The van der Waals surface area contributed by atoms with Gasteiger partial charge in [-0.1, -0.05) is 29.8 Å². The number of fused-ring (bicyclic) bond motifs is 1. The second-order valence-corrected chi connectivity index (χ2v) is 7.70. The molecule has 0 amide bonds. The summed E-state index contributed by atoms with van der Waals surface area (Å²) in [5.41, 5.74) is 2.57. The van der Waals surface area contributed by atoms with E-state index in [4.69, 9.17) is 11.6 Å². The molecule has 27 heavy (non-hydrogen) atoms. The molecule has 0 unspecified atom stereocenters. The van der Waals surface area contributed by atoms with E-state index in [1.54, 1.807) is 29.5 Å². The van der Waals surface area contributed by atoms with E-state index in [9.17, 15) is 14.3 Å². The van der Waals surface area contributed by atoms with E-state index < -0.39 is 5.97 Å². The summed E-state index contributed by atoms with van der Waals surface area (Å²) >= 11 is 7.56. The normalized spacial score (nSPS) is 11.0. The molecular weight excluding hydrogens is 385 g/mol. The molecule has 0 aliphatic heterocycles. The van der Waals surface area contributed by atoms with Gasteiger partial charge in [0.15, 0.2) is 0 Å². The Labute approximate surface area is 163 Å². The van der Waals surface area contributed by atoms with Gasteiger partial charge in [0.05, 0.1) is 0 Å². The van der Waals surface area contributed by atoms with Crippen molar-refractivity contribution in [3.8, 4) is 11.1 Å². The molecule has 2 heterocycles. The predicted molar refractivity (Wildman–Crippen MR) is 106 cm³/mol. The van der Waals surface area contributed by atoms with E-state index in [0.29, 0.717) is 11.4 Å². The molecular formula is C21H13ClFNO2S. The summed E-state index contributed by atoms with van der Waals surface area (Å²) < 4.78 is 14.6. The van der Waals surface area contributed by atoms with Crippen molar-refractivity contribution in [3.05, 3.63) is 87.8 Å². The molecule has 0 saturated heterocycles. The van der Waals surface area contributed by atoms with Gasteiger partial charge in [0.2, 0.25) is 0 Å². The van der Waals surface area contributed by atoms with Gasteiger partial charge in [0, 0.05) is 27.2 Å². The highest BCUT2D eigenvalue weighted by molar-refractivity contribution is 7.19. The fraction of sp³-hybridized carbons (Fsp3) is 0.0476. The van der Waals surface area contributed by atoms with Gasteiger partial charge in [-0.15, -0.1) is 11.3 Å².